The van der Waals surface area contributed by atoms with E-state index in [-0.39, 0.29) is 18.3 Å². The number of benzene rings is 2. The number of aliphatic hydroxyl groups is 1. The Bertz CT molecular complexity index is 1220. The maximum Gasteiger partial charge on any atom is 0.127 e. The fraction of sp³-hybridized carbons (Fsp3) is 0.613. The molecule has 0 saturated heterocycles. The van der Waals surface area contributed by atoms with Gasteiger partial charge in [0.25, 0.3) is 0 Å². The van der Waals surface area contributed by atoms with Crippen molar-refractivity contribution in [3.8, 4) is 5.75 Å². The average molecular weight is 508 g/mol. The van der Waals surface area contributed by atoms with Crippen LogP contribution in [0.1, 0.15) is 97.2 Å². The number of ether oxygens (including phenoxy) is 3. The first-order valence-electron chi connectivity index (χ1n) is 16.6. The third-order valence-corrected chi connectivity index (χ3v) is 6.02. The predicted octanol–water partition coefficient (Wildman–Crippen LogP) is 6.42. The van der Waals surface area contributed by atoms with Gasteiger partial charge in [-0.05, 0) is 101 Å². The van der Waals surface area contributed by atoms with Crippen molar-refractivity contribution in [3.63, 3.8) is 0 Å². The zero-order chi connectivity index (χ0) is 33.6. The number of methoxy groups -OCH3 is 2. The van der Waals surface area contributed by atoms with E-state index in [1.165, 1.54) is 6.07 Å². The lowest BCUT2D eigenvalue weighted by molar-refractivity contribution is 0.0740. The molecule has 0 spiro atoms. The smallest absolute Gasteiger partial charge is 0.127 e. The lowest BCUT2D eigenvalue weighted by atomic mass is 9.91. The van der Waals surface area contributed by atoms with Crippen LogP contribution in [0.4, 0.5) is 0 Å². The van der Waals surface area contributed by atoms with Crippen molar-refractivity contribution in [1.82, 2.24) is 5.32 Å². The van der Waals surface area contributed by atoms with Gasteiger partial charge in [0.2, 0.25) is 0 Å². The van der Waals surface area contributed by atoms with Crippen molar-refractivity contribution in [2.45, 2.75) is 84.2 Å². The van der Waals surface area contributed by atoms with Gasteiger partial charge in [0.15, 0.2) is 0 Å². The maximum absolute atomic E-state index is 10.6. The summed E-state index contributed by atoms with van der Waals surface area (Å²) in [7, 11) is 3.22. The van der Waals surface area contributed by atoms with Gasteiger partial charge in [0.1, 0.15) is 5.75 Å². The van der Waals surface area contributed by atoms with E-state index in [0.717, 1.165) is 24.0 Å². The van der Waals surface area contributed by atoms with Crippen LogP contribution in [-0.2, 0) is 21.4 Å². The number of nitrogens with one attached hydrogen (secondary N) is 1. The largest absolute Gasteiger partial charge is 0.496 e. The van der Waals surface area contributed by atoms with Crippen molar-refractivity contribution < 1.29 is 30.3 Å². The molecule has 0 amide bonds. The van der Waals surface area contributed by atoms with Crippen LogP contribution < -0.4 is 10.1 Å². The number of rotatable bonds is 18. The van der Waals surface area contributed by atoms with E-state index in [9.17, 15) is 5.11 Å². The second kappa shape index (κ2) is 16.0. The van der Waals surface area contributed by atoms with Crippen LogP contribution in [0.25, 0.3) is 0 Å². The molecule has 0 bridgehead atoms. The first-order valence-corrected chi connectivity index (χ1v) is 12.6. The molecule has 0 fully saturated rings. The molecule has 202 valence electrons. The minimum absolute atomic E-state index is 0.0342. The Morgan fingerprint density at radius 3 is 2.44 bits per heavy atom. The molecule has 0 aromatic heterocycles. The molecule has 1 unspecified atom stereocenters. The molecule has 0 heterocycles. The third kappa shape index (κ3) is 10.2. The highest BCUT2D eigenvalue weighted by Crippen LogP contribution is 2.35. The van der Waals surface area contributed by atoms with Gasteiger partial charge in [0, 0.05) is 40.6 Å². The molecule has 36 heavy (non-hydrogen) atoms. The number of unbranched alkanes of at least 4 members (excludes halogenated alkanes) is 3. The molecule has 0 radical (unpaired) electrons. The highest BCUT2D eigenvalue weighted by molar-refractivity contribution is 5.47. The number of hydrogen-bond donors (Lipinski definition) is 2. The van der Waals surface area contributed by atoms with Crippen LogP contribution in [-0.4, -0.2) is 45.6 Å². The quantitative estimate of drug-likeness (QED) is 0.228. The van der Waals surface area contributed by atoms with Crippen LogP contribution in [0.5, 0.6) is 5.75 Å². The van der Waals surface area contributed by atoms with Crippen molar-refractivity contribution in [3.05, 3.63) is 64.2 Å². The fourth-order valence-electron chi connectivity index (χ4n) is 3.99. The monoisotopic (exact) mass is 507 g/mol. The second-order valence-corrected chi connectivity index (χ2v) is 9.46. The highest BCUT2D eigenvalue weighted by atomic mass is 16.5. The standard InChI is InChI=1S/C31H49NO4/c1-24-15-9-10-16-26(24)17-11-14-20-36-19-13-8-7-12-18-32-23-29(34-5)27-21-25(2)30(35-6)28(22-27)31(3,4)33/h9-10,15-16,21-22,29,32-33H,7-8,11-14,17-20,23H2,1-6H3/i11D2,14D2,17D2,20D2. The summed E-state index contributed by atoms with van der Waals surface area (Å²) in [6, 6.07) is 10.1. The Morgan fingerprint density at radius 1 is 1.00 bits per heavy atom. The molecule has 2 aromatic rings. The summed E-state index contributed by atoms with van der Waals surface area (Å²) in [5, 5.41) is 14.0. The Labute approximate surface area is 230 Å². The van der Waals surface area contributed by atoms with Gasteiger partial charge in [-0.1, -0.05) is 37.1 Å². The summed E-state index contributed by atoms with van der Waals surface area (Å²) in [6.45, 7) is 5.05. The molecule has 0 saturated carbocycles. The van der Waals surface area contributed by atoms with Gasteiger partial charge in [0.05, 0.1) is 21.6 Å². The van der Waals surface area contributed by atoms with Crippen LogP contribution in [0.15, 0.2) is 36.4 Å². The average Bonchev–Trinajstić information content (AvgIpc) is 2.93. The SMILES string of the molecule is [2H]C([2H])(OCCCCCCNCC(OC)c1cc(C)c(OC)c(C(C)(C)O)c1)C([2H])([2H])C([2H])([2H])C([2H])([2H])c1ccccc1C. The summed E-state index contributed by atoms with van der Waals surface area (Å²) in [5.41, 5.74) is 1.86. The minimum atomic E-state index is -3.29. The molecule has 1 atom stereocenters. The van der Waals surface area contributed by atoms with Crippen molar-refractivity contribution in [2.24, 2.45) is 0 Å². The van der Waals surface area contributed by atoms with Crippen molar-refractivity contribution in [1.29, 1.82) is 0 Å². The molecule has 2 N–H and O–H groups in total. The molecule has 0 aliphatic heterocycles. The second-order valence-electron chi connectivity index (χ2n) is 9.46. The summed E-state index contributed by atoms with van der Waals surface area (Å²) in [6.07, 6.45) is -6.79. The first-order chi connectivity index (χ1) is 20.3. The van der Waals surface area contributed by atoms with E-state index in [4.69, 9.17) is 25.2 Å². The van der Waals surface area contributed by atoms with E-state index in [1.54, 1.807) is 53.2 Å². The lowest BCUT2D eigenvalue weighted by Gasteiger charge is -2.25. The molecule has 0 aliphatic rings. The van der Waals surface area contributed by atoms with Gasteiger partial charge in [-0.25, -0.2) is 0 Å². The molecule has 5 nitrogen and oxygen atoms in total. The highest BCUT2D eigenvalue weighted by Gasteiger charge is 2.25. The summed E-state index contributed by atoms with van der Waals surface area (Å²) in [5.74, 6) is 0.652. The molecular formula is C31H49NO4. The molecule has 5 heteroatoms. The van der Waals surface area contributed by atoms with Gasteiger partial charge >= 0.3 is 0 Å². The van der Waals surface area contributed by atoms with Gasteiger partial charge < -0.3 is 24.6 Å². The topological polar surface area (TPSA) is 60.0 Å². The van der Waals surface area contributed by atoms with Crippen molar-refractivity contribution in [2.75, 3.05) is 40.5 Å². The fourth-order valence-corrected chi connectivity index (χ4v) is 3.99. The molecular weight excluding hydrogens is 450 g/mol. The van der Waals surface area contributed by atoms with E-state index < -0.39 is 31.3 Å². The van der Waals surface area contributed by atoms with Crippen molar-refractivity contribution >= 4 is 0 Å². The Hall–Kier alpha value is -1.92. The van der Waals surface area contributed by atoms with Crippen LogP contribution in [0.3, 0.4) is 0 Å². The first kappa shape index (κ1) is 20.1. The number of aryl methyl sites for hydroxylation is 3. The molecule has 0 aliphatic carbocycles. The van der Waals surface area contributed by atoms with E-state index in [1.807, 2.05) is 19.1 Å². The van der Waals surface area contributed by atoms with Gasteiger partial charge in [-0.15, -0.1) is 0 Å². The van der Waals surface area contributed by atoms with Gasteiger partial charge in [-0.2, -0.15) is 0 Å². The minimum Gasteiger partial charge on any atom is -0.496 e. The predicted molar refractivity (Wildman–Crippen MR) is 149 cm³/mol. The summed E-state index contributed by atoms with van der Waals surface area (Å²) >= 11 is 0. The maximum atomic E-state index is 10.6. The number of hydrogen-bond acceptors (Lipinski definition) is 5. The Kier molecular flexibility index (Phi) is 8.95. The lowest BCUT2D eigenvalue weighted by Crippen LogP contribution is -2.25. The van der Waals surface area contributed by atoms with E-state index in [0.29, 0.717) is 42.8 Å². The third-order valence-electron chi connectivity index (χ3n) is 6.02. The van der Waals surface area contributed by atoms with Crippen LogP contribution >= 0.6 is 0 Å². The zero-order valence-corrected chi connectivity index (χ0v) is 22.7. The normalized spacial score (nSPS) is 17.5. The molecule has 2 rings (SSSR count). The molecule has 2 aromatic carbocycles. The van der Waals surface area contributed by atoms with Crippen LogP contribution in [0, 0.1) is 13.8 Å². The van der Waals surface area contributed by atoms with E-state index in [2.05, 4.69) is 5.32 Å². The summed E-state index contributed by atoms with van der Waals surface area (Å²) < 4.78 is 83.0. The zero-order valence-electron chi connectivity index (χ0n) is 30.7. The van der Waals surface area contributed by atoms with E-state index >= 15 is 0 Å². The Morgan fingerprint density at radius 2 is 1.75 bits per heavy atom. The van der Waals surface area contributed by atoms with Gasteiger partial charge in [-0.3, -0.25) is 0 Å². The van der Waals surface area contributed by atoms with Crippen LogP contribution in [0.2, 0.25) is 0 Å². The Balaban J connectivity index is 1.84. The summed E-state index contributed by atoms with van der Waals surface area (Å²) in [4.78, 5) is 0.